The average Bonchev–Trinajstić information content (AvgIpc) is 2.14. The number of benzene rings is 1. The maximum Gasteiger partial charge on any atom is 0.416 e. The maximum atomic E-state index is 12.7. The molecule has 88 valence electrons. The third-order valence-corrected chi connectivity index (χ3v) is 2.02. The summed E-state index contributed by atoms with van der Waals surface area (Å²) in [6, 6.07) is 2.35. The van der Waals surface area contributed by atoms with Gasteiger partial charge in [-0.2, -0.15) is 13.2 Å². The van der Waals surface area contributed by atoms with Gasteiger partial charge in [-0.05, 0) is 24.1 Å². The Morgan fingerprint density at radius 1 is 1.31 bits per heavy atom. The third kappa shape index (κ3) is 3.22. The van der Waals surface area contributed by atoms with Crippen molar-refractivity contribution in [3.63, 3.8) is 0 Å². The van der Waals surface area contributed by atoms with Crippen molar-refractivity contribution in [2.24, 2.45) is 5.73 Å². The fraction of sp³-hybridized carbons (Fsp3) is 0.300. The van der Waals surface area contributed by atoms with Crippen molar-refractivity contribution in [1.82, 2.24) is 0 Å². The van der Waals surface area contributed by atoms with E-state index in [1.165, 1.54) is 0 Å². The van der Waals surface area contributed by atoms with Crippen LogP contribution in [-0.2, 0) is 17.4 Å². The van der Waals surface area contributed by atoms with Gasteiger partial charge in [0.2, 0.25) is 5.91 Å². The van der Waals surface area contributed by atoms with Gasteiger partial charge in [0, 0.05) is 6.42 Å². The summed E-state index contributed by atoms with van der Waals surface area (Å²) in [4.78, 5) is 10.5. The third-order valence-electron chi connectivity index (χ3n) is 2.02. The molecular formula is C10H9F4NO. The van der Waals surface area contributed by atoms with Gasteiger partial charge in [-0.3, -0.25) is 4.79 Å². The van der Waals surface area contributed by atoms with E-state index in [9.17, 15) is 22.4 Å². The van der Waals surface area contributed by atoms with Crippen LogP contribution in [0.15, 0.2) is 18.2 Å². The highest BCUT2D eigenvalue weighted by molar-refractivity contribution is 5.74. The Labute approximate surface area is 89.1 Å². The maximum absolute atomic E-state index is 12.7. The van der Waals surface area contributed by atoms with Gasteiger partial charge in [0.1, 0.15) is 5.82 Å². The number of alkyl halides is 3. The first kappa shape index (κ1) is 12.5. The molecule has 0 fully saturated rings. The zero-order valence-corrected chi connectivity index (χ0v) is 8.14. The SMILES string of the molecule is NC(=O)CCc1ccc(F)cc1C(F)(F)F. The van der Waals surface area contributed by atoms with Crippen LogP contribution in [0.3, 0.4) is 0 Å². The molecule has 1 amide bonds. The zero-order valence-electron chi connectivity index (χ0n) is 8.14. The van der Waals surface area contributed by atoms with Crippen LogP contribution in [0.25, 0.3) is 0 Å². The lowest BCUT2D eigenvalue weighted by atomic mass is 10.0. The number of halogens is 4. The van der Waals surface area contributed by atoms with Gasteiger partial charge in [-0.25, -0.2) is 4.39 Å². The minimum atomic E-state index is -4.63. The number of hydrogen-bond donors (Lipinski definition) is 1. The van der Waals surface area contributed by atoms with Crippen LogP contribution in [0.2, 0.25) is 0 Å². The second-order valence-electron chi connectivity index (χ2n) is 3.27. The summed E-state index contributed by atoms with van der Waals surface area (Å²) in [7, 11) is 0. The van der Waals surface area contributed by atoms with E-state index in [0.29, 0.717) is 6.07 Å². The number of carbonyl (C=O) groups excluding carboxylic acids is 1. The van der Waals surface area contributed by atoms with Gasteiger partial charge >= 0.3 is 6.18 Å². The molecule has 0 aromatic heterocycles. The number of hydrogen-bond acceptors (Lipinski definition) is 1. The van der Waals surface area contributed by atoms with Gasteiger partial charge in [-0.15, -0.1) is 0 Å². The largest absolute Gasteiger partial charge is 0.416 e. The molecule has 2 N–H and O–H groups in total. The van der Waals surface area contributed by atoms with Crippen molar-refractivity contribution in [3.05, 3.63) is 35.1 Å². The standard InChI is InChI=1S/C10H9F4NO/c11-7-3-1-6(2-4-9(15)16)8(5-7)10(12,13)14/h1,3,5H,2,4H2,(H2,15,16). The highest BCUT2D eigenvalue weighted by Crippen LogP contribution is 2.32. The number of carbonyl (C=O) groups is 1. The summed E-state index contributed by atoms with van der Waals surface area (Å²) >= 11 is 0. The van der Waals surface area contributed by atoms with E-state index in [0.717, 1.165) is 12.1 Å². The first-order valence-electron chi connectivity index (χ1n) is 4.44. The van der Waals surface area contributed by atoms with E-state index in [1.807, 2.05) is 0 Å². The Bertz CT molecular complexity index is 400. The van der Waals surface area contributed by atoms with Gasteiger partial charge in [0.05, 0.1) is 5.56 Å². The normalized spacial score (nSPS) is 11.5. The minimum Gasteiger partial charge on any atom is -0.370 e. The number of primary amides is 1. The van der Waals surface area contributed by atoms with Gasteiger partial charge in [-0.1, -0.05) is 6.07 Å². The first-order valence-corrected chi connectivity index (χ1v) is 4.44. The summed E-state index contributed by atoms with van der Waals surface area (Å²) in [5.74, 6) is -1.66. The van der Waals surface area contributed by atoms with Crippen LogP contribution in [0, 0.1) is 5.82 Å². The van der Waals surface area contributed by atoms with Crippen molar-refractivity contribution in [3.8, 4) is 0 Å². The van der Waals surface area contributed by atoms with Crippen LogP contribution >= 0.6 is 0 Å². The lowest BCUT2D eigenvalue weighted by Gasteiger charge is -2.12. The van der Waals surface area contributed by atoms with Crippen LogP contribution in [0.5, 0.6) is 0 Å². The topological polar surface area (TPSA) is 43.1 Å². The Hall–Kier alpha value is -1.59. The molecule has 1 aromatic rings. The van der Waals surface area contributed by atoms with Gasteiger partial charge < -0.3 is 5.73 Å². The van der Waals surface area contributed by atoms with Crippen molar-refractivity contribution < 1.29 is 22.4 Å². The van der Waals surface area contributed by atoms with Crippen molar-refractivity contribution in [2.45, 2.75) is 19.0 Å². The molecule has 0 atom stereocenters. The smallest absolute Gasteiger partial charge is 0.370 e. The molecule has 0 saturated carbocycles. The monoisotopic (exact) mass is 235 g/mol. The van der Waals surface area contributed by atoms with Crippen LogP contribution < -0.4 is 5.73 Å². The summed E-state index contributed by atoms with van der Waals surface area (Å²) in [6.45, 7) is 0. The van der Waals surface area contributed by atoms with E-state index in [4.69, 9.17) is 5.73 Å². The Morgan fingerprint density at radius 3 is 2.44 bits per heavy atom. The fourth-order valence-electron chi connectivity index (χ4n) is 1.29. The van der Waals surface area contributed by atoms with Gasteiger partial charge in [0.15, 0.2) is 0 Å². The van der Waals surface area contributed by atoms with E-state index >= 15 is 0 Å². The molecule has 0 unspecified atom stereocenters. The molecule has 1 aromatic carbocycles. The van der Waals surface area contributed by atoms with E-state index < -0.39 is 23.5 Å². The highest BCUT2D eigenvalue weighted by Gasteiger charge is 2.33. The molecule has 0 spiro atoms. The lowest BCUT2D eigenvalue weighted by molar-refractivity contribution is -0.138. The molecule has 2 nitrogen and oxygen atoms in total. The van der Waals surface area contributed by atoms with Crippen LogP contribution in [0.4, 0.5) is 17.6 Å². The van der Waals surface area contributed by atoms with Crippen LogP contribution in [-0.4, -0.2) is 5.91 Å². The average molecular weight is 235 g/mol. The molecule has 1 rings (SSSR count). The molecule has 0 aliphatic carbocycles. The predicted molar refractivity (Wildman–Crippen MR) is 48.9 cm³/mol. The zero-order chi connectivity index (χ0) is 12.3. The summed E-state index contributed by atoms with van der Waals surface area (Å²) in [6.07, 6.45) is -4.98. The number of aryl methyl sites for hydroxylation is 1. The predicted octanol–water partition coefficient (Wildman–Crippen LogP) is 2.26. The van der Waals surface area contributed by atoms with Crippen molar-refractivity contribution >= 4 is 5.91 Å². The van der Waals surface area contributed by atoms with Gasteiger partial charge in [0.25, 0.3) is 0 Å². The number of rotatable bonds is 3. The molecule has 0 saturated heterocycles. The molecule has 0 radical (unpaired) electrons. The Kier molecular flexibility index (Phi) is 3.51. The number of amides is 1. The molecule has 0 heterocycles. The highest BCUT2D eigenvalue weighted by atomic mass is 19.4. The van der Waals surface area contributed by atoms with E-state index in [-0.39, 0.29) is 18.4 Å². The molecule has 0 aliphatic rings. The first-order chi connectivity index (χ1) is 7.30. The number of nitrogens with two attached hydrogens (primary N) is 1. The summed E-state index contributed by atoms with van der Waals surface area (Å²) in [5.41, 5.74) is 3.64. The molecule has 0 aliphatic heterocycles. The molecule has 16 heavy (non-hydrogen) atoms. The Balaban J connectivity index is 3.03. The van der Waals surface area contributed by atoms with E-state index in [2.05, 4.69) is 0 Å². The quantitative estimate of drug-likeness (QED) is 0.802. The second kappa shape index (κ2) is 4.51. The second-order valence-corrected chi connectivity index (χ2v) is 3.27. The summed E-state index contributed by atoms with van der Waals surface area (Å²) < 4.78 is 50.1. The Morgan fingerprint density at radius 2 is 1.94 bits per heavy atom. The van der Waals surface area contributed by atoms with Crippen molar-refractivity contribution in [2.75, 3.05) is 0 Å². The lowest BCUT2D eigenvalue weighted by Crippen LogP contribution is -2.14. The summed E-state index contributed by atoms with van der Waals surface area (Å²) in [5, 5.41) is 0. The molecule has 0 bridgehead atoms. The van der Waals surface area contributed by atoms with Crippen LogP contribution in [0.1, 0.15) is 17.5 Å². The molecular weight excluding hydrogens is 226 g/mol. The van der Waals surface area contributed by atoms with E-state index in [1.54, 1.807) is 0 Å². The fourth-order valence-corrected chi connectivity index (χ4v) is 1.29. The molecule has 6 heteroatoms. The van der Waals surface area contributed by atoms with Crippen molar-refractivity contribution in [1.29, 1.82) is 0 Å². The minimum absolute atomic E-state index is 0.132.